The van der Waals surface area contributed by atoms with Crippen LogP contribution in [0.4, 0.5) is 11.4 Å². The molecule has 6 nitrogen and oxygen atoms in total. The molecule has 2 rings (SSSR count). The molecule has 0 amide bonds. The van der Waals surface area contributed by atoms with Gasteiger partial charge in [0.2, 0.25) is 0 Å². The molecule has 0 fully saturated rings. The van der Waals surface area contributed by atoms with Gasteiger partial charge in [0.25, 0.3) is 0 Å². The molecule has 0 N–H and O–H groups in total. The molecular formula is C21H30N6. The van der Waals surface area contributed by atoms with Crippen LogP contribution >= 0.6 is 0 Å². The Kier molecular flexibility index (Phi) is 8.42. The molecule has 0 spiro atoms. The SMILES string of the molecule is CCN(CC)N=Nc1ccc(Cc2ccc(N=NN(CC)CC)cc2)cc1. The van der Waals surface area contributed by atoms with Gasteiger partial charge in [0.05, 0.1) is 11.4 Å². The van der Waals surface area contributed by atoms with Crippen LogP contribution in [0.3, 0.4) is 0 Å². The molecule has 0 unspecified atom stereocenters. The van der Waals surface area contributed by atoms with Gasteiger partial charge in [-0.15, -0.1) is 10.2 Å². The van der Waals surface area contributed by atoms with Gasteiger partial charge in [0, 0.05) is 26.2 Å². The first-order chi connectivity index (χ1) is 13.2. The Bertz CT molecular complexity index is 650. The van der Waals surface area contributed by atoms with E-state index in [1.54, 1.807) is 0 Å². The van der Waals surface area contributed by atoms with Crippen molar-refractivity contribution in [3.8, 4) is 0 Å². The van der Waals surface area contributed by atoms with Crippen molar-refractivity contribution in [2.45, 2.75) is 34.1 Å². The molecule has 0 saturated heterocycles. The van der Waals surface area contributed by atoms with Crippen LogP contribution in [0.5, 0.6) is 0 Å². The highest BCUT2D eigenvalue weighted by atomic mass is 15.5. The summed E-state index contributed by atoms with van der Waals surface area (Å²) in [5.41, 5.74) is 4.24. The molecule has 0 aromatic heterocycles. The molecule has 0 heterocycles. The number of nitrogens with zero attached hydrogens (tertiary/aromatic N) is 6. The van der Waals surface area contributed by atoms with E-state index in [2.05, 4.69) is 72.6 Å². The van der Waals surface area contributed by atoms with Crippen LogP contribution in [-0.2, 0) is 6.42 Å². The highest BCUT2D eigenvalue weighted by molar-refractivity contribution is 5.42. The van der Waals surface area contributed by atoms with Crippen LogP contribution in [0.1, 0.15) is 38.8 Å². The normalized spacial score (nSPS) is 11.4. The lowest BCUT2D eigenvalue weighted by atomic mass is 10.0. The van der Waals surface area contributed by atoms with Gasteiger partial charge in [-0.25, -0.2) is 0 Å². The van der Waals surface area contributed by atoms with E-state index in [0.29, 0.717) is 0 Å². The van der Waals surface area contributed by atoms with Gasteiger partial charge in [-0.05, 0) is 69.5 Å². The summed E-state index contributed by atoms with van der Waals surface area (Å²) in [7, 11) is 0. The number of benzene rings is 2. The van der Waals surface area contributed by atoms with E-state index in [9.17, 15) is 0 Å². The van der Waals surface area contributed by atoms with E-state index in [-0.39, 0.29) is 0 Å². The first-order valence-electron chi connectivity index (χ1n) is 9.69. The Morgan fingerprint density at radius 1 is 0.556 bits per heavy atom. The average Bonchev–Trinajstić information content (AvgIpc) is 2.72. The highest BCUT2D eigenvalue weighted by Gasteiger charge is 1.99. The second-order valence-electron chi connectivity index (χ2n) is 6.17. The molecule has 27 heavy (non-hydrogen) atoms. The molecule has 0 aliphatic heterocycles. The third kappa shape index (κ3) is 6.81. The Hall–Kier alpha value is -2.76. The molecule has 2 aromatic carbocycles. The predicted molar refractivity (Wildman–Crippen MR) is 111 cm³/mol. The van der Waals surface area contributed by atoms with Crippen molar-refractivity contribution >= 4 is 11.4 Å². The van der Waals surface area contributed by atoms with Gasteiger partial charge in [0.15, 0.2) is 0 Å². The van der Waals surface area contributed by atoms with Crippen molar-refractivity contribution in [1.82, 2.24) is 10.0 Å². The molecule has 0 radical (unpaired) electrons. The summed E-state index contributed by atoms with van der Waals surface area (Å²) in [5, 5.41) is 20.9. The number of rotatable bonds is 10. The van der Waals surface area contributed by atoms with Crippen molar-refractivity contribution in [2.75, 3.05) is 26.2 Å². The minimum Gasteiger partial charge on any atom is -0.279 e. The second kappa shape index (κ2) is 11.1. The lowest BCUT2D eigenvalue weighted by Crippen LogP contribution is -2.14. The zero-order valence-electron chi connectivity index (χ0n) is 16.8. The summed E-state index contributed by atoms with van der Waals surface area (Å²) < 4.78 is 0. The van der Waals surface area contributed by atoms with Gasteiger partial charge in [-0.1, -0.05) is 34.7 Å². The lowest BCUT2D eigenvalue weighted by molar-refractivity contribution is 0.301. The van der Waals surface area contributed by atoms with Crippen LogP contribution in [0.2, 0.25) is 0 Å². The lowest BCUT2D eigenvalue weighted by Gasteiger charge is -2.11. The third-order valence-electron chi connectivity index (χ3n) is 4.31. The van der Waals surface area contributed by atoms with E-state index in [1.807, 2.05) is 34.3 Å². The summed E-state index contributed by atoms with van der Waals surface area (Å²) in [6, 6.07) is 16.4. The maximum Gasteiger partial charge on any atom is 0.0874 e. The molecule has 0 aliphatic rings. The fraction of sp³-hybridized carbons (Fsp3) is 0.429. The average molecular weight is 367 g/mol. The van der Waals surface area contributed by atoms with Gasteiger partial charge in [-0.2, -0.15) is 0 Å². The largest absolute Gasteiger partial charge is 0.279 e. The predicted octanol–water partition coefficient (Wildman–Crippen LogP) is 5.96. The summed E-state index contributed by atoms with van der Waals surface area (Å²) in [5.74, 6) is 0. The monoisotopic (exact) mass is 366 g/mol. The van der Waals surface area contributed by atoms with Gasteiger partial charge in [0.1, 0.15) is 0 Å². The molecular weight excluding hydrogens is 336 g/mol. The Morgan fingerprint density at radius 2 is 0.889 bits per heavy atom. The van der Waals surface area contributed by atoms with Crippen molar-refractivity contribution < 1.29 is 0 Å². The Balaban J connectivity index is 1.95. The summed E-state index contributed by atoms with van der Waals surface area (Å²) in [4.78, 5) is 0. The third-order valence-corrected chi connectivity index (χ3v) is 4.31. The number of hydrogen-bond donors (Lipinski definition) is 0. The molecule has 2 aromatic rings. The van der Waals surface area contributed by atoms with Gasteiger partial charge >= 0.3 is 0 Å². The fourth-order valence-electron chi connectivity index (χ4n) is 2.53. The van der Waals surface area contributed by atoms with E-state index in [0.717, 1.165) is 44.0 Å². The molecule has 6 heteroatoms. The highest BCUT2D eigenvalue weighted by Crippen LogP contribution is 2.19. The quantitative estimate of drug-likeness (QED) is 0.385. The van der Waals surface area contributed by atoms with Crippen LogP contribution < -0.4 is 0 Å². The van der Waals surface area contributed by atoms with Crippen LogP contribution in [-0.4, -0.2) is 36.2 Å². The minimum atomic E-state index is 0.864. The van der Waals surface area contributed by atoms with Crippen LogP contribution in [0.25, 0.3) is 0 Å². The minimum absolute atomic E-state index is 0.864. The molecule has 0 saturated carbocycles. The van der Waals surface area contributed by atoms with Crippen LogP contribution in [0, 0.1) is 0 Å². The maximum absolute atomic E-state index is 4.28. The Labute approximate surface area is 162 Å². The first-order valence-corrected chi connectivity index (χ1v) is 9.69. The van der Waals surface area contributed by atoms with Crippen molar-refractivity contribution in [3.05, 3.63) is 59.7 Å². The number of hydrogen-bond acceptors (Lipinski definition) is 4. The second-order valence-corrected chi connectivity index (χ2v) is 6.17. The summed E-state index contributed by atoms with van der Waals surface area (Å²) in [6.45, 7) is 11.7. The molecule has 0 aliphatic carbocycles. The van der Waals surface area contributed by atoms with Crippen molar-refractivity contribution in [2.24, 2.45) is 20.7 Å². The zero-order chi connectivity index (χ0) is 19.5. The van der Waals surface area contributed by atoms with Gasteiger partial charge in [-0.3, -0.25) is 10.0 Å². The maximum atomic E-state index is 4.28. The summed E-state index contributed by atoms with van der Waals surface area (Å²) >= 11 is 0. The van der Waals surface area contributed by atoms with Crippen molar-refractivity contribution in [3.63, 3.8) is 0 Å². The first kappa shape index (κ1) is 20.6. The molecule has 144 valence electrons. The fourth-order valence-corrected chi connectivity index (χ4v) is 2.53. The van der Waals surface area contributed by atoms with E-state index < -0.39 is 0 Å². The van der Waals surface area contributed by atoms with E-state index in [1.165, 1.54) is 11.1 Å². The van der Waals surface area contributed by atoms with Gasteiger partial charge < -0.3 is 0 Å². The smallest absolute Gasteiger partial charge is 0.0874 e. The standard InChI is InChI=1S/C21H30N6/c1-5-26(6-2)24-22-20-13-9-18(10-14-20)17-19-11-15-21(16-12-19)23-25-27(7-3)8-4/h9-16H,5-8,17H2,1-4H3. The van der Waals surface area contributed by atoms with Crippen LogP contribution in [0.15, 0.2) is 69.2 Å². The van der Waals surface area contributed by atoms with E-state index in [4.69, 9.17) is 0 Å². The zero-order valence-corrected chi connectivity index (χ0v) is 16.8. The van der Waals surface area contributed by atoms with Crippen molar-refractivity contribution in [1.29, 1.82) is 0 Å². The molecule has 0 bridgehead atoms. The topological polar surface area (TPSA) is 55.9 Å². The Morgan fingerprint density at radius 3 is 1.19 bits per heavy atom. The van der Waals surface area contributed by atoms with E-state index >= 15 is 0 Å². The summed E-state index contributed by atoms with van der Waals surface area (Å²) in [6.07, 6.45) is 0.876. The molecule has 0 atom stereocenters.